The van der Waals surface area contributed by atoms with Gasteiger partial charge in [-0.05, 0) is 38.5 Å². The fraction of sp³-hybridized carbons (Fsp3) is 0.423. The van der Waals surface area contributed by atoms with Crippen molar-refractivity contribution in [3.63, 3.8) is 0 Å². The zero-order chi connectivity index (χ0) is 24.7. The number of fused-ring (bicyclic) bond motifs is 2. The Morgan fingerprint density at radius 1 is 1.20 bits per heavy atom. The number of aromatic nitrogens is 3. The molecule has 9 heteroatoms. The monoisotopic (exact) mass is 473 g/mol. The van der Waals surface area contributed by atoms with Crippen molar-refractivity contribution >= 4 is 34.5 Å². The van der Waals surface area contributed by atoms with Crippen molar-refractivity contribution in [3.05, 3.63) is 53.3 Å². The summed E-state index contributed by atoms with van der Waals surface area (Å²) in [6.07, 6.45) is 1.87. The van der Waals surface area contributed by atoms with Crippen molar-refractivity contribution in [3.8, 4) is 0 Å². The van der Waals surface area contributed by atoms with Gasteiger partial charge < -0.3 is 20.0 Å². The minimum absolute atomic E-state index is 0.0425. The highest BCUT2D eigenvalue weighted by Gasteiger charge is 2.36. The minimum Gasteiger partial charge on any atom is -0.365 e. The van der Waals surface area contributed by atoms with Crippen LogP contribution in [0.5, 0.6) is 0 Å². The van der Waals surface area contributed by atoms with Crippen molar-refractivity contribution in [2.24, 2.45) is 0 Å². The second-order valence-corrected chi connectivity index (χ2v) is 9.62. The fourth-order valence-electron chi connectivity index (χ4n) is 4.81. The molecule has 1 fully saturated rings. The van der Waals surface area contributed by atoms with Crippen molar-refractivity contribution in [1.82, 2.24) is 24.8 Å². The van der Waals surface area contributed by atoms with E-state index in [1.165, 1.54) is 0 Å². The van der Waals surface area contributed by atoms with Gasteiger partial charge in [0.05, 0.1) is 12.1 Å². The zero-order valence-electron chi connectivity index (χ0n) is 20.7. The van der Waals surface area contributed by atoms with E-state index in [0.29, 0.717) is 50.2 Å². The van der Waals surface area contributed by atoms with Gasteiger partial charge in [0, 0.05) is 62.3 Å². The Kier molecular flexibility index (Phi) is 6.00. The summed E-state index contributed by atoms with van der Waals surface area (Å²) in [5.41, 5.74) is 3.28. The quantitative estimate of drug-likeness (QED) is 0.609. The number of anilines is 2. The molecule has 2 aliphatic heterocycles. The summed E-state index contributed by atoms with van der Waals surface area (Å²) in [6, 6.07) is 10.3. The first-order chi connectivity index (χ1) is 16.8. The molecule has 2 aromatic heterocycles. The molecular weight excluding hydrogens is 442 g/mol. The molecule has 9 nitrogen and oxygen atoms in total. The van der Waals surface area contributed by atoms with E-state index in [2.05, 4.69) is 28.2 Å². The first kappa shape index (κ1) is 23.0. The molecule has 0 radical (unpaired) electrons. The molecule has 4 heterocycles. The SMILES string of the molecule is CC(=O)N1CCN(c2nc(NCc3cnc4ccccc4c3)c3c(n2)C(=O)N(C(C)C)C3)C(C)C1. The van der Waals surface area contributed by atoms with Crippen LogP contribution in [0, 0.1) is 0 Å². The van der Waals surface area contributed by atoms with Crippen LogP contribution in [0.4, 0.5) is 11.8 Å². The predicted molar refractivity (Wildman–Crippen MR) is 135 cm³/mol. The third kappa shape index (κ3) is 4.38. The molecule has 1 aromatic carbocycles. The maximum absolute atomic E-state index is 13.2. The van der Waals surface area contributed by atoms with Gasteiger partial charge in [-0.2, -0.15) is 4.98 Å². The molecule has 1 N–H and O–H groups in total. The van der Waals surface area contributed by atoms with Crippen LogP contribution < -0.4 is 10.2 Å². The number of pyridine rings is 1. The van der Waals surface area contributed by atoms with Gasteiger partial charge in [0.25, 0.3) is 5.91 Å². The molecule has 0 aliphatic carbocycles. The molecule has 0 saturated carbocycles. The van der Waals surface area contributed by atoms with Crippen LogP contribution in [-0.4, -0.2) is 68.3 Å². The summed E-state index contributed by atoms with van der Waals surface area (Å²) in [5, 5.41) is 4.55. The normalized spacial score (nSPS) is 17.9. The summed E-state index contributed by atoms with van der Waals surface area (Å²) in [4.78, 5) is 45.0. The maximum Gasteiger partial charge on any atom is 0.273 e. The van der Waals surface area contributed by atoms with Gasteiger partial charge in [0.15, 0.2) is 0 Å². The highest BCUT2D eigenvalue weighted by molar-refractivity contribution is 5.98. The van der Waals surface area contributed by atoms with E-state index in [4.69, 9.17) is 9.97 Å². The van der Waals surface area contributed by atoms with Gasteiger partial charge in [-0.15, -0.1) is 0 Å². The van der Waals surface area contributed by atoms with Crippen LogP contribution in [0.3, 0.4) is 0 Å². The van der Waals surface area contributed by atoms with Gasteiger partial charge >= 0.3 is 0 Å². The molecule has 2 aliphatic rings. The first-order valence-corrected chi connectivity index (χ1v) is 12.1. The van der Waals surface area contributed by atoms with E-state index in [9.17, 15) is 9.59 Å². The van der Waals surface area contributed by atoms with E-state index < -0.39 is 0 Å². The summed E-state index contributed by atoms with van der Waals surface area (Å²) >= 11 is 0. The highest BCUT2D eigenvalue weighted by atomic mass is 16.2. The summed E-state index contributed by atoms with van der Waals surface area (Å²) in [6.45, 7) is 10.5. The third-order valence-electron chi connectivity index (χ3n) is 6.85. The fourth-order valence-corrected chi connectivity index (χ4v) is 4.81. The van der Waals surface area contributed by atoms with Crippen LogP contribution in [-0.2, 0) is 17.9 Å². The smallest absolute Gasteiger partial charge is 0.273 e. The summed E-state index contributed by atoms with van der Waals surface area (Å²) in [5.74, 6) is 1.21. The average Bonchev–Trinajstić information content (AvgIpc) is 3.19. The molecule has 0 spiro atoms. The standard InChI is InChI=1S/C26H31N7O2/c1-16(2)33-15-21-23(25(33)35)29-26(32-10-9-31(18(4)34)14-17(32)3)30-24(21)28-13-19-11-20-7-5-6-8-22(20)27-12-19/h5-8,11-12,16-17H,9-10,13-15H2,1-4H3,(H,28,29,30). The van der Waals surface area contributed by atoms with Gasteiger partial charge in [0.2, 0.25) is 11.9 Å². The lowest BCUT2D eigenvalue weighted by Gasteiger charge is -2.39. The molecule has 5 rings (SSSR count). The van der Waals surface area contributed by atoms with Gasteiger partial charge in [0.1, 0.15) is 11.5 Å². The second kappa shape index (κ2) is 9.13. The Morgan fingerprint density at radius 2 is 2.00 bits per heavy atom. The predicted octanol–water partition coefficient (Wildman–Crippen LogP) is 3.06. The number of carbonyl (C=O) groups is 2. The lowest BCUT2D eigenvalue weighted by molar-refractivity contribution is -0.129. The van der Waals surface area contributed by atoms with Crippen molar-refractivity contribution in [2.75, 3.05) is 29.9 Å². The number of hydrogen-bond acceptors (Lipinski definition) is 7. The number of rotatable bonds is 5. The Labute approximate surface area is 205 Å². The van der Waals surface area contributed by atoms with Crippen LogP contribution >= 0.6 is 0 Å². The van der Waals surface area contributed by atoms with Gasteiger partial charge in [-0.3, -0.25) is 14.6 Å². The van der Waals surface area contributed by atoms with Gasteiger partial charge in [-0.1, -0.05) is 18.2 Å². The molecule has 3 aromatic rings. The Bertz CT molecular complexity index is 1290. The topological polar surface area (TPSA) is 94.6 Å². The minimum atomic E-state index is -0.0657. The van der Waals surface area contributed by atoms with E-state index in [1.807, 2.05) is 54.1 Å². The largest absolute Gasteiger partial charge is 0.365 e. The number of hydrogen-bond donors (Lipinski definition) is 1. The lowest BCUT2D eigenvalue weighted by Crippen LogP contribution is -2.53. The van der Waals surface area contributed by atoms with Crippen LogP contribution in [0.2, 0.25) is 0 Å². The van der Waals surface area contributed by atoms with Crippen LogP contribution in [0.15, 0.2) is 36.5 Å². The molecule has 0 bridgehead atoms. The third-order valence-corrected chi connectivity index (χ3v) is 6.85. The highest BCUT2D eigenvalue weighted by Crippen LogP contribution is 2.31. The van der Waals surface area contributed by atoms with E-state index in [-0.39, 0.29) is 23.9 Å². The molecular formula is C26H31N7O2. The number of para-hydroxylation sites is 1. The lowest BCUT2D eigenvalue weighted by atomic mass is 10.1. The molecule has 182 valence electrons. The van der Waals surface area contributed by atoms with E-state index in [0.717, 1.165) is 22.0 Å². The Balaban J connectivity index is 1.46. The number of amides is 2. The van der Waals surface area contributed by atoms with Crippen molar-refractivity contribution in [1.29, 1.82) is 0 Å². The summed E-state index contributed by atoms with van der Waals surface area (Å²) < 4.78 is 0. The molecule has 2 amide bonds. The molecule has 1 unspecified atom stereocenters. The number of nitrogens with one attached hydrogen (secondary N) is 1. The van der Waals surface area contributed by atoms with Crippen molar-refractivity contribution in [2.45, 2.75) is 52.9 Å². The first-order valence-electron chi connectivity index (χ1n) is 12.1. The molecule has 1 atom stereocenters. The van der Waals surface area contributed by atoms with E-state index >= 15 is 0 Å². The van der Waals surface area contributed by atoms with Crippen LogP contribution in [0.25, 0.3) is 10.9 Å². The maximum atomic E-state index is 13.2. The van der Waals surface area contributed by atoms with Crippen molar-refractivity contribution < 1.29 is 9.59 Å². The number of piperazine rings is 1. The second-order valence-electron chi connectivity index (χ2n) is 9.62. The Hall–Kier alpha value is -3.75. The summed E-state index contributed by atoms with van der Waals surface area (Å²) in [7, 11) is 0. The number of carbonyl (C=O) groups excluding carboxylic acids is 2. The van der Waals surface area contributed by atoms with Gasteiger partial charge in [-0.25, -0.2) is 4.98 Å². The van der Waals surface area contributed by atoms with Crippen LogP contribution in [0.1, 0.15) is 49.3 Å². The molecule has 35 heavy (non-hydrogen) atoms. The molecule has 1 saturated heterocycles. The number of benzene rings is 1. The Morgan fingerprint density at radius 3 is 2.74 bits per heavy atom. The zero-order valence-corrected chi connectivity index (χ0v) is 20.7. The number of nitrogens with zero attached hydrogens (tertiary/aromatic N) is 6. The average molecular weight is 474 g/mol. The van der Waals surface area contributed by atoms with E-state index in [1.54, 1.807) is 6.92 Å².